The Morgan fingerprint density at radius 2 is 1.93 bits per heavy atom. The first kappa shape index (κ1) is 16.8. The second-order valence-electron chi connectivity index (χ2n) is 6.19. The minimum Gasteiger partial charge on any atom is -0.353 e. The molecule has 2 amide bonds. The van der Waals surface area contributed by atoms with Gasteiger partial charge < -0.3 is 16.0 Å². The first-order valence-electron chi connectivity index (χ1n) is 8.28. The van der Waals surface area contributed by atoms with E-state index in [2.05, 4.69) is 21.0 Å². The molecule has 3 aromatic rings. The van der Waals surface area contributed by atoms with Crippen molar-refractivity contribution in [2.45, 2.75) is 6.54 Å². The number of anilines is 3. The quantitative estimate of drug-likeness (QED) is 0.663. The zero-order valence-electron chi connectivity index (χ0n) is 14.4. The van der Waals surface area contributed by atoms with Gasteiger partial charge in [-0.2, -0.15) is 5.10 Å². The van der Waals surface area contributed by atoms with Crippen LogP contribution in [0.2, 0.25) is 0 Å². The Kier molecular flexibility index (Phi) is 4.08. The molecule has 0 fully saturated rings. The fraction of sp³-hybridized carbons (Fsp3) is 0.105. The van der Waals surface area contributed by atoms with Gasteiger partial charge in [-0.25, -0.2) is 4.39 Å². The largest absolute Gasteiger partial charge is 0.353 e. The summed E-state index contributed by atoms with van der Waals surface area (Å²) in [5, 5.41) is 12.9. The van der Waals surface area contributed by atoms with Crippen LogP contribution in [0, 0.1) is 5.82 Å². The third-order valence-corrected chi connectivity index (χ3v) is 4.30. The summed E-state index contributed by atoms with van der Waals surface area (Å²) < 4.78 is 14.7. The lowest BCUT2D eigenvalue weighted by Crippen LogP contribution is -2.17. The van der Waals surface area contributed by atoms with Crippen LogP contribution in [0.25, 0.3) is 0 Å². The number of hydrogen-bond donors (Lipinski definition) is 3. The van der Waals surface area contributed by atoms with E-state index in [1.807, 2.05) is 13.2 Å². The van der Waals surface area contributed by atoms with Crippen LogP contribution in [0.4, 0.5) is 21.5 Å². The molecule has 1 aromatic heterocycles. The predicted octanol–water partition coefficient (Wildman–Crippen LogP) is 2.80. The van der Waals surface area contributed by atoms with Crippen LogP contribution >= 0.6 is 0 Å². The summed E-state index contributed by atoms with van der Waals surface area (Å²) in [7, 11) is 1.81. The summed E-state index contributed by atoms with van der Waals surface area (Å²) in [5.74, 6) is -1.09. The molecule has 0 saturated carbocycles. The van der Waals surface area contributed by atoms with Crippen LogP contribution < -0.4 is 16.0 Å². The van der Waals surface area contributed by atoms with E-state index in [4.69, 9.17) is 0 Å². The van der Waals surface area contributed by atoms with E-state index in [9.17, 15) is 14.0 Å². The third kappa shape index (κ3) is 3.24. The lowest BCUT2D eigenvalue weighted by molar-refractivity contribution is 0.0966. The van der Waals surface area contributed by atoms with Gasteiger partial charge >= 0.3 is 0 Å². The molecular weight excluding hydrogens is 349 g/mol. The molecule has 0 unspecified atom stereocenters. The summed E-state index contributed by atoms with van der Waals surface area (Å²) in [4.78, 5) is 24.7. The first-order valence-corrected chi connectivity index (χ1v) is 8.28. The number of nitrogens with one attached hydrogen (secondary N) is 3. The number of aryl methyl sites for hydroxylation is 1. The fourth-order valence-electron chi connectivity index (χ4n) is 3.01. The number of amides is 2. The van der Waals surface area contributed by atoms with E-state index >= 15 is 0 Å². The zero-order chi connectivity index (χ0) is 19.0. The van der Waals surface area contributed by atoms with Gasteiger partial charge in [0.05, 0.1) is 23.1 Å². The number of benzene rings is 2. The molecule has 0 saturated heterocycles. The van der Waals surface area contributed by atoms with E-state index in [1.165, 1.54) is 24.3 Å². The number of rotatable bonds is 4. The normalized spacial score (nSPS) is 12.4. The van der Waals surface area contributed by atoms with Crippen LogP contribution in [0.5, 0.6) is 0 Å². The Morgan fingerprint density at radius 3 is 2.63 bits per heavy atom. The molecule has 2 aromatic carbocycles. The standard InChI is InChI=1S/C19H16FN5O2/c1-25-10-13(8-22-25)23-15-6-7-16(17-14(15)9-21-19(17)27)24-18(26)11-2-4-12(20)5-3-11/h2-8,10,23H,9H2,1H3,(H,21,27)(H,24,26). The van der Waals surface area contributed by atoms with Crippen LogP contribution in [0.1, 0.15) is 26.3 Å². The number of carbonyl (C=O) groups is 2. The molecule has 0 spiro atoms. The lowest BCUT2D eigenvalue weighted by Gasteiger charge is -2.13. The van der Waals surface area contributed by atoms with Crippen LogP contribution in [-0.4, -0.2) is 21.6 Å². The molecular formula is C19H16FN5O2. The third-order valence-electron chi connectivity index (χ3n) is 4.30. The van der Waals surface area contributed by atoms with Gasteiger partial charge in [-0.05, 0) is 36.4 Å². The molecule has 4 rings (SSSR count). The minimum atomic E-state index is -0.419. The van der Waals surface area contributed by atoms with Gasteiger partial charge in [-0.15, -0.1) is 0 Å². The highest BCUT2D eigenvalue weighted by molar-refractivity contribution is 6.11. The molecule has 0 bridgehead atoms. The highest BCUT2D eigenvalue weighted by Gasteiger charge is 2.26. The zero-order valence-corrected chi connectivity index (χ0v) is 14.4. The summed E-state index contributed by atoms with van der Waals surface area (Å²) in [6.07, 6.45) is 3.50. The average molecular weight is 365 g/mol. The average Bonchev–Trinajstić information content (AvgIpc) is 3.24. The maximum atomic E-state index is 13.0. The van der Waals surface area contributed by atoms with Gasteiger partial charge in [0.2, 0.25) is 0 Å². The molecule has 1 aliphatic rings. The fourth-order valence-corrected chi connectivity index (χ4v) is 3.01. The van der Waals surface area contributed by atoms with E-state index in [-0.39, 0.29) is 5.91 Å². The summed E-state index contributed by atoms with van der Waals surface area (Å²) in [6, 6.07) is 8.68. The molecule has 0 atom stereocenters. The van der Waals surface area contributed by atoms with E-state index in [0.29, 0.717) is 23.4 Å². The van der Waals surface area contributed by atoms with E-state index in [1.54, 1.807) is 23.0 Å². The van der Waals surface area contributed by atoms with Crippen LogP contribution in [-0.2, 0) is 13.6 Å². The molecule has 8 heteroatoms. The van der Waals surface area contributed by atoms with Gasteiger partial charge in [0.25, 0.3) is 11.8 Å². The van der Waals surface area contributed by atoms with Gasteiger partial charge in [0.1, 0.15) is 5.82 Å². The van der Waals surface area contributed by atoms with Crippen molar-refractivity contribution in [3.05, 3.63) is 71.3 Å². The molecule has 3 N–H and O–H groups in total. The van der Waals surface area contributed by atoms with Crippen molar-refractivity contribution >= 4 is 28.9 Å². The topological polar surface area (TPSA) is 88.0 Å². The van der Waals surface area contributed by atoms with Crippen LogP contribution in [0.3, 0.4) is 0 Å². The van der Waals surface area contributed by atoms with Crippen molar-refractivity contribution in [3.8, 4) is 0 Å². The van der Waals surface area contributed by atoms with Crippen LogP contribution in [0.15, 0.2) is 48.8 Å². The molecule has 2 heterocycles. The SMILES string of the molecule is Cn1cc(Nc2ccc(NC(=O)c3ccc(F)cc3)c3c2CNC3=O)cn1. The van der Waals surface area contributed by atoms with Gasteiger partial charge in [-0.3, -0.25) is 14.3 Å². The molecule has 27 heavy (non-hydrogen) atoms. The Balaban J connectivity index is 1.64. The number of carbonyl (C=O) groups excluding carboxylic acids is 2. The summed E-state index contributed by atoms with van der Waals surface area (Å²) >= 11 is 0. The molecule has 1 aliphatic heterocycles. The van der Waals surface area contributed by atoms with Crippen molar-refractivity contribution in [2.75, 3.05) is 10.6 Å². The highest BCUT2D eigenvalue weighted by Crippen LogP contribution is 2.32. The minimum absolute atomic E-state index is 0.255. The smallest absolute Gasteiger partial charge is 0.255 e. The van der Waals surface area contributed by atoms with Gasteiger partial charge in [-0.1, -0.05) is 0 Å². The summed E-state index contributed by atoms with van der Waals surface area (Å²) in [6.45, 7) is 0.358. The maximum Gasteiger partial charge on any atom is 0.255 e. The molecule has 0 aliphatic carbocycles. The number of nitrogens with zero attached hydrogens (tertiary/aromatic N) is 2. The number of aromatic nitrogens is 2. The Hall–Kier alpha value is -3.68. The number of halogens is 1. The lowest BCUT2D eigenvalue weighted by atomic mass is 10.0. The van der Waals surface area contributed by atoms with Crippen molar-refractivity contribution in [2.24, 2.45) is 7.05 Å². The number of hydrogen-bond acceptors (Lipinski definition) is 4. The van der Waals surface area contributed by atoms with E-state index in [0.717, 1.165) is 16.9 Å². The Morgan fingerprint density at radius 1 is 1.19 bits per heavy atom. The Bertz CT molecular complexity index is 1040. The van der Waals surface area contributed by atoms with E-state index < -0.39 is 11.7 Å². The predicted molar refractivity (Wildman–Crippen MR) is 98.5 cm³/mol. The van der Waals surface area contributed by atoms with Crippen molar-refractivity contribution < 1.29 is 14.0 Å². The van der Waals surface area contributed by atoms with Gasteiger partial charge in [0.15, 0.2) is 0 Å². The number of fused-ring (bicyclic) bond motifs is 1. The maximum absolute atomic E-state index is 13.0. The van der Waals surface area contributed by atoms with Gasteiger partial charge in [0, 0.05) is 36.6 Å². The van der Waals surface area contributed by atoms with Crippen molar-refractivity contribution in [1.82, 2.24) is 15.1 Å². The molecule has 0 radical (unpaired) electrons. The Labute approximate surface area is 154 Å². The first-order chi connectivity index (χ1) is 13.0. The molecule has 7 nitrogen and oxygen atoms in total. The highest BCUT2D eigenvalue weighted by atomic mass is 19.1. The van der Waals surface area contributed by atoms with Crippen molar-refractivity contribution in [3.63, 3.8) is 0 Å². The second kappa shape index (κ2) is 6.56. The summed E-state index contributed by atoms with van der Waals surface area (Å²) in [5.41, 5.74) is 3.45. The second-order valence-corrected chi connectivity index (χ2v) is 6.19. The van der Waals surface area contributed by atoms with Crippen molar-refractivity contribution in [1.29, 1.82) is 0 Å². The molecule has 136 valence electrons. The monoisotopic (exact) mass is 365 g/mol.